The molecule has 4 heteroatoms. The summed E-state index contributed by atoms with van der Waals surface area (Å²) in [5, 5.41) is 1.96. The van der Waals surface area contributed by atoms with E-state index >= 15 is 0 Å². The summed E-state index contributed by atoms with van der Waals surface area (Å²) < 4.78 is 5.39. The highest BCUT2D eigenvalue weighted by atomic mass is 32.1. The summed E-state index contributed by atoms with van der Waals surface area (Å²) in [5.74, 6) is -0.156. The van der Waals surface area contributed by atoms with Gasteiger partial charge in [-0.25, -0.2) is 4.98 Å². The monoisotopic (exact) mass is 275 g/mol. The lowest BCUT2D eigenvalue weighted by molar-refractivity contribution is -0.148. The van der Waals surface area contributed by atoms with Gasteiger partial charge < -0.3 is 4.74 Å². The van der Waals surface area contributed by atoms with E-state index in [9.17, 15) is 4.79 Å². The lowest BCUT2D eigenvalue weighted by Gasteiger charge is -2.13. The van der Waals surface area contributed by atoms with Crippen LogP contribution in [0.5, 0.6) is 0 Å². The van der Waals surface area contributed by atoms with Crippen LogP contribution in [0.1, 0.15) is 24.6 Å². The lowest BCUT2D eigenvalue weighted by Crippen LogP contribution is -2.17. The van der Waals surface area contributed by atoms with Crippen molar-refractivity contribution in [2.45, 2.75) is 32.3 Å². The second-order valence-corrected chi connectivity index (χ2v) is 5.19. The van der Waals surface area contributed by atoms with E-state index in [1.807, 2.05) is 42.6 Å². The molecule has 100 valence electrons. The van der Waals surface area contributed by atoms with E-state index in [1.54, 1.807) is 16.8 Å². The summed E-state index contributed by atoms with van der Waals surface area (Å²) in [4.78, 5) is 15.8. The molecular formula is C15H17NO2S. The summed E-state index contributed by atoms with van der Waals surface area (Å²) in [6.45, 7) is 1.92. The van der Waals surface area contributed by atoms with Crippen molar-refractivity contribution in [3.8, 4) is 0 Å². The fraction of sp³-hybridized carbons (Fsp3) is 0.333. The van der Waals surface area contributed by atoms with Crippen LogP contribution < -0.4 is 0 Å². The van der Waals surface area contributed by atoms with E-state index < -0.39 is 0 Å². The van der Waals surface area contributed by atoms with Gasteiger partial charge in [0, 0.05) is 18.2 Å². The molecule has 19 heavy (non-hydrogen) atoms. The number of carbonyl (C=O) groups excluding carboxylic acids is 1. The Labute approximate surface area is 117 Å². The number of carbonyl (C=O) groups is 1. The highest BCUT2D eigenvalue weighted by molar-refractivity contribution is 7.07. The third-order valence-electron chi connectivity index (χ3n) is 2.77. The summed E-state index contributed by atoms with van der Waals surface area (Å²) >= 11 is 1.54. The van der Waals surface area contributed by atoms with Gasteiger partial charge in [0.15, 0.2) is 0 Å². The highest BCUT2D eigenvalue weighted by Crippen LogP contribution is 2.08. The van der Waals surface area contributed by atoms with Crippen LogP contribution in [0.25, 0.3) is 0 Å². The SMILES string of the molecule is CC(Cc1ccccc1)OC(=O)CCc1cscn1. The summed E-state index contributed by atoms with van der Waals surface area (Å²) in [6.07, 6.45) is 1.71. The smallest absolute Gasteiger partial charge is 0.306 e. The maximum atomic E-state index is 11.7. The molecule has 1 atom stereocenters. The predicted molar refractivity (Wildman–Crippen MR) is 76.1 cm³/mol. The summed E-state index contributed by atoms with van der Waals surface area (Å²) in [6, 6.07) is 10.0. The first-order valence-corrected chi connectivity index (χ1v) is 7.29. The van der Waals surface area contributed by atoms with E-state index in [-0.39, 0.29) is 12.1 Å². The molecule has 0 spiro atoms. The van der Waals surface area contributed by atoms with Crippen LogP contribution in [-0.4, -0.2) is 17.1 Å². The van der Waals surface area contributed by atoms with Gasteiger partial charge in [-0.1, -0.05) is 30.3 Å². The third kappa shape index (κ3) is 4.83. The first-order valence-electron chi connectivity index (χ1n) is 6.34. The Morgan fingerprint density at radius 2 is 2.16 bits per heavy atom. The molecule has 2 rings (SSSR count). The molecule has 0 bridgehead atoms. The average Bonchev–Trinajstić information content (AvgIpc) is 2.90. The molecule has 0 aliphatic heterocycles. The Morgan fingerprint density at radius 1 is 1.37 bits per heavy atom. The van der Waals surface area contributed by atoms with E-state index in [0.29, 0.717) is 12.8 Å². The molecule has 0 saturated carbocycles. The minimum Gasteiger partial charge on any atom is -0.462 e. The Bertz CT molecular complexity index is 496. The molecule has 0 fully saturated rings. The maximum Gasteiger partial charge on any atom is 0.306 e. The number of hydrogen-bond donors (Lipinski definition) is 0. The van der Waals surface area contributed by atoms with Gasteiger partial charge in [0.2, 0.25) is 0 Å². The van der Waals surface area contributed by atoms with E-state index in [4.69, 9.17) is 4.74 Å². The van der Waals surface area contributed by atoms with Crippen LogP contribution in [0.2, 0.25) is 0 Å². The van der Waals surface area contributed by atoms with Crippen molar-refractivity contribution >= 4 is 17.3 Å². The van der Waals surface area contributed by atoms with Crippen LogP contribution in [0.4, 0.5) is 0 Å². The van der Waals surface area contributed by atoms with Gasteiger partial charge in [-0.3, -0.25) is 4.79 Å². The fourth-order valence-electron chi connectivity index (χ4n) is 1.86. The van der Waals surface area contributed by atoms with Crippen molar-refractivity contribution in [3.05, 3.63) is 52.5 Å². The maximum absolute atomic E-state index is 11.7. The second-order valence-electron chi connectivity index (χ2n) is 4.47. The number of hydrogen-bond acceptors (Lipinski definition) is 4. The molecule has 1 unspecified atom stereocenters. The number of nitrogens with zero attached hydrogens (tertiary/aromatic N) is 1. The van der Waals surface area contributed by atoms with Crippen molar-refractivity contribution in [3.63, 3.8) is 0 Å². The number of thiazole rings is 1. The van der Waals surface area contributed by atoms with Gasteiger partial charge in [0.25, 0.3) is 0 Å². The van der Waals surface area contributed by atoms with Crippen molar-refractivity contribution in [2.75, 3.05) is 0 Å². The molecule has 1 aromatic heterocycles. The molecule has 0 N–H and O–H groups in total. The van der Waals surface area contributed by atoms with Gasteiger partial charge >= 0.3 is 5.97 Å². The topological polar surface area (TPSA) is 39.2 Å². The second kappa shape index (κ2) is 7.04. The molecule has 1 aromatic carbocycles. The van der Waals surface area contributed by atoms with Gasteiger partial charge in [-0.05, 0) is 12.5 Å². The number of benzene rings is 1. The molecular weight excluding hydrogens is 258 g/mol. The quantitative estimate of drug-likeness (QED) is 0.760. The highest BCUT2D eigenvalue weighted by Gasteiger charge is 2.10. The van der Waals surface area contributed by atoms with Crippen molar-refractivity contribution in [1.82, 2.24) is 4.98 Å². The van der Waals surface area contributed by atoms with Gasteiger partial charge in [0.1, 0.15) is 6.10 Å². The molecule has 2 aromatic rings. The normalized spacial score (nSPS) is 12.1. The zero-order valence-electron chi connectivity index (χ0n) is 10.9. The first-order chi connectivity index (χ1) is 9.24. The molecule has 0 aliphatic carbocycles. The zero-order chi connectivity index (χ0) is 13.5. The van der Waals surface area contributed by atoms with E-state index in [2.05, 4.69) is 4.98 Å². The molecule has 1 heterocycles. The van der Waals surface area contributed by atoms with Crippen LogP contribution in [0, 0.1) is 0 Å². The Kier molecular flexibility index (Phi) is 5.10. The Morgan fingerprint density at radius 3 is 2.84 bits per heavy atom. The van der Waals surface area contributed by atoms with Crippen molar-refractivity contribution in [1.29, 1.82) is 0 Å². The summed E-state index contributed by atoms with van der Waals surface area (Å²) in [7, 11) is 0. The van der Waals surface area contributed by atoms with Gasteiger partial charge in [-0.2, -0.15) is 0 Å². The molecule has 3 nitrogen and oxygen atoms in total. The zero-order valence-corrected chi connectivity index (χ0v) is 11.7. The number of esters is 1. The summed E-state index contributed by atoms with van der Waals surface area (Å²) in [5.41, 5.74) is 3.92. The minimum atomic E-state index is -0.156. The molecule has 0 amide bonds. The van der Waals surface area contributed by atoms with Gasteiger partial charge in [-0.15, -0.1) is 11.3 Å². The van der Waals surface area contributed by atoms with Crippen LogP contribution in [0.15, 0.2) is 41.2 Å². The third-order valence-corrected chi connectivity index (χ3v) is 3.40. The van der Waals surface area contributed by atoms with Crippen LogP contribution in [0.3, 0.4) is 0 Å². The van der Waals surface area contributed by atoms with Gasteiger partial charge in [0.05, 0.1) is 17.6 Å². The average molecular weight is 275 g/mol. The Balaban J connectivity index is 1.72. The van der Waals surface area contributed by atoms with E-state index in [1.165, 1.54) is 5.56 Å². The van der Waals surface area contributed by atoms with E-state index in [0.717, 1.165) is 12.1 Å². The lowest BCUT2D eigenvalue weighted by atomic mass is 10.1. The largest absolute Gasteiger partial charge is 0.462 e. The number of aromatic nitrogens is 1. The number of ether oxygens (including phenoxy) is 1. The van der Waals surface area contributed by atoms with Crippen LogP contribution in [-0.2, 0) is 22.4 Å². The standard InChI is InChI=1S/C15H17NO2S/c1-12(9-13-5-3-2-4-6-13)18-15(17)8-7-14-10-19-11-16-14/h2-6,10-12H,7-9H2,1H3. The number of aryl methyl sites for hydroxylation is 1. The molecule has 0 saturated heterocycles. The predicted octanol–water partition coefficient (Wildman–Crippen LogP) is 3.25. The van der Waals surface area contributed by atoms with Crippen molar-refractivity contribution in [2.24, 2.45) is 0 Å². The van der Waals surface area contributed by atoms with Crippen LogP contribution >= 0.6 is 11.3 Å². The first kappa shape index (κ1) is 13.7. The minimum absolute atomic E-state index is 0.0923. The molecule has 0 radical (unpaired) electrons. The molecule has 0 aliphatic rings. The Hall–Kier alpha value is -1.68. The fourth-order valence-corrected chi connectivity index (χ4v) is 2.46. The number of rotatable bonds is 6. The van der Waals surface area contributed by atoms with Crippen molar-refractivity contribution < 1.29 is 9.53 Å².